The quantitative estimate of drug-likeness (QED) is 0.427. The van der Waals surface area contributed by atoms with Gasteiger partial charge in [-0.05, 0) is 51.7 Å². The van der Waals surface area contributed by atoms with Crippen molar-refractivity contribution < 1.29 is 14.2 Å². The number of aromatic nitrogens is 6. The van der Waals surface area contributed by atoms with Gasteiger partial charge in [-0.15, -0.1) is 0 Å². The van der Waals surface area contributed by atoms with Gasteiger partial charge in [0.2, 0.25) is 6.79 Å². The predicted octanol–water partition coefficient (Wildman–Crippen LogP) is 4.60. The van der Waals surface area contributed by atoms with E-state index in [1.54, 1.807) is 0 Å². The Labute approximate surface area is 202 Å². The summed E-state index contributed by atoms with van der Waals surface area (Å²) in [6.07, 6.45) is 8.13. The first kappa shape index (κ1) is 20.8. The molecule has 0 bridgehead atoms. The monoisotopic (exact) mass is 470 g/mol. The van der Waals surface area contributed by atoms with Crippen molar-refractivity contribution in [2.75, 3.05) is 13.4 Å². The molecule has 0 amide bonds. The third kappa shape index (κ3) is 3.61. The summed E-state index contributed by atoms with van der Waals surface area (Å²) in [4.78, 5) is 19.6. The number of ether oxygens (including phenoxy) is 3. The Morgan fingerprint density at radius 3 is 2.74 bits per heavy atom. The van der Waals surface area contributed by atoms with Crippen LogP contribution >= 0.6 is 0 Å². The molecule has 1 aliphatic carbocycles. The third-order valence-electron chi connectivity index (χ3n) is 7.17. The number of benzene rings is 1. The highest BCUT2D eigenvalue weighted by Crippen LogP contribution is 2.43. The van der Waals surface area contributed by atoms with Crippen LogP contribution in [0, 0.1) is 13.8 Å². The van der Waals surface area contributed by atoms with Crippen LogP contribution in [0.3, 0.4) is 0 Å². The zero-order chi connectivity index (χ0) is 23.5. The lowest BCUT2D eigenvalue weighted by molar-refractivity contribution is 0.00396. The van der Waals surface area contributed by atoms with Crippen LogP contribution in [0.5, 0.6) is 11.5 Å². The fourth-order valence-electron chi connectivity index (χ4n) is 4.94. The predicted molar refractivity (Wildman–Crippen MR) is 127 cm³/mol. The van der Waals surface area contributed by atoms with Crippen LogP contribution in [0.1, 0.15) is 66.5 Å². The molecule has 9 heteroatoms. The van der Waals surface area contributed by atoms with Crippen LogP contribution < -0.4 is 9.47 Å². The highest BCUT2D eigenvalue weighted by Gasteiger charge is 2.31. The lowest BCUT2D eigenvalue weighted by atomic mass is 9.92. The van der Waals surface area contributed by atoms with Crippen molar-refractivity contribution >= 4 is 11.2 Å². The minimum absolute atomic E-state index is 0.0208. The number of hydrogen-bond donors (Lipinski definition) is 0. The van der Waals surface area contributed by atoms with E-state index >= 15 is 0 Å². The maximum atomic E-state index is 6.15. The molecular formula is C26H26N6O3. The molecule has 3 aliphatic rings. The normalized spacial score (nSPS) is 21.5. The van der Waals surface area contributed by atoms with Gasteiger partial charge in [0.15, 0.2) is 17.1 Å². The van der Waals surface area contributed by atoms with Crippen molar-refractivity contribution in [1.29, 1.82) is 0 Å². The first-order valence-corrected chi connectivity index (χ1v) is 12.2. The number of para-hydroxylation sites is 1. The lowest BCUT2D eigenvalue weighted by Crippen LogP contribution is -2.20. The van der Waals surface area contributed by atoms with Gasteiger partial charge in [-0.2, -0.15) is 5.10 Å². The number of hydrogen-bond acceptors (Lipinski definition) is 8. The average molecular weight is 471 g/mol. The summed E-state index contributed by atoms with van der Waals surface area (Å²) in [5.74, 6) is 2.31. The Morgan fingerprint density at radius 1 is 0.971 bits per heavy atom. The van der Waals surface area contributed by atoms with E-state index in [1.165, 1.54) is 12.8 Å². The van der Waals surface area contributed by atoms with Crippen molar-refractivity contribution in [1.82, 2.24) is 29.7 Å². The van der Waals surface area contributed by atoms with Crippen LogP contribution in [0.25, 0.3) is 22.4 Å². The third-order valence-corrected chi connectivity index (χ3v) is 7.17. The first-order valence-electron chi connectivity index (χ1n) is 12.2. The molecule has 2 fully saturated rings. The molecule has 0 unspecified atom stereocenters. The van der Waals surface area contributed by atoms with Gasteiger partial charge >= 0.3 is 0 Å². The van der Waals surface area contributed by atoms with Crippen LogP contribution in [-0.4, -0.2) is 43.1 Å². The minimum atomic E-state index is -0.0208. The van der Waals surface area contributed by atoms with Crippen LogP contribution in [-0.2, 0) is 4.74 Å². The van der Waals surface area contributed by atoms with E-state index in [2.05, 4.69) is 16.0 Å². The SMILES string of the molecule is Cc1nc2nc([C@H]3CCO[C@@H](c4cnn(C5CC5)c4)C3)nc(-c3cccc4c3OCO4)c2nc1C. The summed E-state index contributed by atoms with van der Waals surface area (Å²) < 4.78 is 19.7. The maximum Gasteiger partial charge on any atom is 0.231 e. The molecule has 35 heavy (non-hydrogen) atoms. The molecule has 1 saturated carbocycles. The molecule has 9 nitrogen and oxygen atoms in total. The van der Waals surface area contributed by atoms with Gasteiger partial charge in [-0.3, -0.25) is 4.68 Å². The van der Waals surface area contributed by atoms with Gasteiger partial charge in [0.25, 0.3) is 0 Å². The topological polar surface area (TPSA) is 97.1 Å². The molecule has 0 N–H and O–H groups in total. The smallest absolute Gasteiger partial charge is 0.231 e. The van der Waals surface area contributed by atoms with Gasteiger partial charge in [0.1, 0.15) is 17.0 Å². The molecule has 2 aliphatic heterocycles. The minimum Gasteiger partial charge on any atom is -0.454 e. The van der Waals surface area contributed by atoms with Gasteiger partial charge < -0.3 is 14.2 Å². The molecule has 178 valence electrons. The molecule has 7 rings (SSSR count). The van der Waals surface area contributed by atoms with Crippen molar-refractivity contribution in [2.45, 2.75) is 57.6 Å². The highest BCUT2D eigenvalue weighted by molar-refractivity contribution is 5.90. The standard InChI is InChI=1S/C26H26N6O3/c1-14-15(2)29-26-23(28-14)22(19-4-3-5-20-24(19)35-13-34-20)30-25(31-26)16-8-9-33-21(10-16)17-11-27-32(12-17)18-6-7-18/h3-5,11-12,16,18,21H,6-10,13H2,1-2H3/t16-,21+/m0/s1. The Morgan fingerprint density at radius 2 is 1.86 bits per heavy atom. The second-order valence-corrected chi connectivity index (χ2v) is 9.60. The van der Waals surface area contributed by atoms with Gasteiger partial charge in [-0.25, -0.2) is 19.9 Å². The number of nitrogens with zero attached hydrogens (tertiary/aromatic N) is 6. The highest BCUT2D eigenvalue weighted by atomic mass is 16.7. The number of fused-ring (bicyclic) bond motifs is 2. The molecule has 1 aromatic carbocycles. The lowest BCUT2D eigenvalue weighted by Gasteiger charge is -2.28. The fourth-order valence-corrected chi connectivity index (χ4v) is 4.94. The summed E-state index contributed by atoms with van der Waals surface area (Å²) in [6.45, 7) is 4.76. The molecule has 2 atom stereocenters. The first-order chi connectivity index (χ1) is 17.1. The van der Waals surface area contributed by atoms with E-state index < -0.39 is 0 Å². The van der Waals surface area contributed by atoms with Crippen LogP contribution in [0.2, 0.25) is 0 Å². The van der Waals surface area contributed by atoms with E-state index in [0.29, 0.717) is 35.3 Å². The van der Waals surface area contributed by atoms with E-state index in [4.69, 9.17) is 34.1 Å². The molecule has 1 saturated heterocycles. The second-order valence-electron chi connectivity index (χ2n) is 9.60. The number of aryl methyl sites for hydroxylation is 2. The summed E-state index contributed by atoms with van der Waals surface area (Å²) in [5, 5.41) is 4.56. The van der Waals surface area contributed by atoms with Crippen LogP contribution in [0.4, 0.5) is 0 Å². The maximum absolute atomic E-state index is 6.15. The van der Waals surface area contributed by atoms with E-state index in [-0.39, 0.29) is 18.8 Å². The van der Waals surface area contributed by atoms with Crippen molar-refractivity contribution in [3.63, 3.8) is 0 Å². The van der Waals surface area contributed by atoms with E-state index in [9.17, 15) is 0 Å². The van der Waals surface area contributed by atoms with Crippen LogP contribution in [0.15, 0.2) is 30.6 Å². The van der Waals surface area contributed by atoms with Gasteiger partial charge in [-0.1, -0.05) is 6.07 Å². The van der Waals surface area contributed by atoms with E-state index in [1.807, 2.05) is 38.2 Å². The van der Waals surface area contributed by atoms with E-state index in [0.717, 1.165) is 46.9 Å². The molecule has 5 heterocycles. The largest absolute Gasteiger partial charge is 0.454 e. The Kier molecular flexibility index (Phi) is 4.73. The fraction of sp³-hybridized carbons (Fsp3) is 0.423. The van der Waals surface area contributed by atoms with Crippen molar-refractivity contribution in [2.24, 2.45) is 0 Å². The summed E-state index contributed by atoms with van der Waals surface area (Å²) in [6, 6.07) is 6.41. The molecule has 4 aromatic rings. The van der Waals surface area contributed by atoms with Crippen molar-refractivity contribution in [3.05, 3.63) is 53.4 Å². The van der Waals surface area contributed by atoms with Gasteiger partial charge in [0, 0.05) is 29.8 Å². The molecular weight excluding hydrogens is 444 g/mol. The average Bonchev–Trinajstić information content (AvgIpc) is 3.40. The Hall–Kier alpha value is -3.59. The summed E-state index contributed by atoms with van der Waals surface area (Å²) in [7, 11) is 0. The number of rotatable bonds is 4. The molecule has 0 radical (unpaired) electrons. The summed E-state index contributed by atoms with van der Waals surface area (Å²) >= 11 is 0. The second kappa shape index (κ2) is 7.98. The molecule has 3 aromatic heterocycles. The Balaban J connectivity index is 1.31. The zero-order valence-electron chi connectivity index (χ0n) is 19.8. The van der Waals surface area contributed by atoms with Gasteiger partial charge in [0.05, 0.1) is 29.7 Å². The van der Waals surface area contributed by atoms with Crippen molar-refractivity contribution in [3.8, 4) is 22.8 Å². The Bertz CT molecular complexity index is 1450. The summed E-state index contributed by atoms with van der Waals surface area (Å²) in [5.41, 5.74) is 5.71. The molecule has 0 spiro atoms. The zero-order valence-corrected chi connectivity index (χ0v) is 19.8.